The average Bonchev–Trinajstić information content (AvgIpc) is 3.31. The predicted octanol–water partition coefficient (Wildman–Crippen LogP) is 3.28. The van der Waals surface area contributed by atoms with Crippen LogP contribution in [-0.2, 0) is 9.53 Å². The molecule has 1 aromatic carbocycles. The van der Waals surface area contributed by atoms with Crippen LogP contribution in [0.4, 0.5) is 4.39 Å². The third kappa shape index (κ3) is 4.33. The van der Waals surface area contributed by atoms with Crippen molar-refractivity contribution in [3.8, 4) is 0 Å². The zero-order valence-corrected chi connectivity index (χ0v) is 13.9. The number of nitrogens with one attached hydrogen (secondary N) is 2. The molecule has 0 fully saturated rings. The molecule has 128 valence electrons. The van der Waals surface area contributed by atoms with Crippen LogP contribution in [0.1, 0.15) is 27.0 Å². The van der Waals surface area contributed by atoms with E-state index in [4.69, 9.17) is 4.74 Å². The molecular formula is C18H15FN2O3S. The maximum absolute atomic E-state index is 13.2. The van der Waals surface area contributed by atoms with Crippen LogP contribution in [0.3, 0.4) is 0 Å². The van der Waals surface area contributed by atoms with Crippen molar-refractivity contribution < 1.29 is 18.7 Å². The number of esters is 1. The van der Waals surface area contributed by atoms with Gasteiger partial charge in [0.25, 0.3) is 5.91 Å². The number of carbonyl (C=O) groups excluding carboxylic acids is 2. The number of carbonyl (C=O) groups is 2. The van der Waals surface area contributed by atoms with E-state index in [1.54, 1.807) is 30.5 Å². The monoisotopic (exact) mass is 358 g/mol. The maximum Gasteiger partial charge on any atom is 0.355 e. The number of thiophene rings is 1. The molecule has 0 aliphatic rings. The molecule has 3 rings (SSSR count). The van der Waals surface area contributed by atoms with Crippen molar-refractivity contribution in [2.45, 2.75) is 6.04 Å². The number of hydrogen-bond acceptors (Lipinski definition) is 4. The largest absolute Gasteiger partial charge is 0.451 e. The van der Waals surface area contributed by atoms with Crippen LogP contribution in [0.25, 0.3) is 0 Å². The fourth-order valence-electron chi connectivity index (χ4n) is 2.30. The van der Waals surface area contributed by atoms with E-state index in [9.17, 15) is 14.0 Å². The Balaban J connectivity index is 1.67. The molecule has 0 spiro atoms. The number of amides is 1. The second kappa shape index (κ2) is 7.76. The van der Waals surface area contributed by atoms with Crippen LogP contribution in [0, 0.1) is 5.82 Å². The lowest BCUT2D eigenvalue weighted by Gasteiger charge is -2.18. The van der Waals surface area contributed by atoms with Gasteiger partial charge in [0, 0.05) is 11.1 Å². The third-order valence-corrected chi connectivity index (χ3v) is 4.43. The van der Waals surface area contributed by atoms with Gasteiger partial charge in [0.05, 0.1) is 6.04 Å². The zero-order valence-electron chi connectivity index (χ0n) is 13.1. The molecule has 0 bridgehead atoms. The van der Waals surface area contributed by atoms with Gasteiger partial charge in [-0.2, -0.15) is 0 Å². The van der Waals surface area contributed by atoms with Crippen molar-refractivity contribution in [1.82, 2.24) is 10.3 Å². The molecule has 1 atom stereocenters. The maximum atomic E-state index is 13.2. The summed E-state index contributed by atoms with van der Waals surface area (Å²) in [4.78, 5) is 27.6. The first kappa shape index (κ1) is 16.9. The molecule has 3 aromatic rings. The van der Waals surface area contributed by atoms with Gasteiger partial charge in [0.1, 0.15) is 11.5 Å². The standard InChI is InChI=1S/C18H15FN2O3S/c19-13-7-5-12(6-8-13)17(15-4-2-10-25-15)21-16(22)11-24-18(23)14-3-1-9-20-14/h1-10,17,20H,11H2,(H,21,22)/t17-/m0/s1. The fourth-order valence-corrected chi connectivity index (χ4v) is 3.10. The highest BCUT2D eigenvalue weighted by Crippen LogP contribution is 2.26. The smallest absolute Gasteiger partial charge is 0.355 e. The minimum absolute atomic E-state index is 0.279. The SMILES string of the molecule is O=C(COC(=O)c1ccc[nH]1)N[C@@H](c1ccc(F)cc1)c1cccs1. The summed E-state index contributed by atoms with van der Waals surface area (Å²) in [5, 5.41) is 4.71. The van der Waals surface area contributed by atoms with Crippen molar-refractivity contribution >= 4 is 23.2 Å². The van der Waals surface area contributed by atoms with Crippen molar-refractivity contribution in [3.63, 3.8) is 0 Å². The van der Waals surface area contributed by atoms with E-state index in [-0.39, 0.29) is 11.5 Å². The number of aromatic nitrogens is 1. The summed E-state index contributed by atoms with van der Waals surface area (Å²) in [5.41, 5.74) is 1.02. The van der Waals surface area contributed by atoms with Crippen molar-refractivity contribution in [3.05, 3.63) is 82.1 Å². The van der Waals surface area contributed by atoms with Crippen LogP contribution in [-0.4, -0.2) is 23.5 Å². The van der Waals surface area contributed by atoms with E-state index in [2.05, 4.69) is 10.3 Å². The van der Waals surface area contributed by atoms with Crippen LogP contribution in [0.5, 0.6) is 0 Å². The van der Waals surface area contributed by atoms with Crippen LogP contribution >= 0.6 is 11.3 Å². The van der Waals surface area contributed by atoms with Gasteiger partial charge in [0.15, 0.2) is 6.61 Å². The Bertz CT molecular complexity index is 830. The molecule has 0 saturated carbocycles. The van der Waals surface area contributed by atoms with Gasteiger partial charge in [-0.1, -0.05) is 18.2 Å². The second-order valence-electron chi connectivity index (χ2n) is 5.23. The number of hydrogen-bond donors (Lipinski definition) is 2. The van der Waals surface area contributed by atoms with Crippen molar-refractivity contribution in [2.24, 2.45) is 0 Å². The highest BCUT2D eigenvalue weighted by Gasteiger charge is 2.19. The first-order valence-corrected chi connectivity index (χ1v) is 8.40. The number of halogens is 1. The quantitative estimate of drug-likeness (QED) is 0.664. The molecule has 0 aliphatic carbocycles. The minimum Gasteiger partial charge on any atom is -0.451 e. The Morgan fingerprint density at radius 1 is 1.16 bits per heavy atom. The van der Waals surface area contributed by atoms with Crippen LogP contribution in [0.2, 0.25) is 0 Å². The highest BCUT2D eigenvalue weighted by atomic mass is 32.1. The number of rotatable bonds is 6. The molecule has 0 unspecified atom stereocenters. The lowest BCUT2D eigenvalue weighted by Crippen LogP contribution is -2.32. The van der Waals surface area contributed by atoms with Gasteiger partial charge in [-0.15, -0.1) is 11.3 Å². The fraction of sp³-hybridized carbons (Fsp3) is 0.111. The molecule has 0 radical (unpaired) electrons. The van der Waals surface area contributed by atoms with Crippen molar-refractivity contribution in [2.75, 3.05) is 6.61 Å². The first-order chi connectivity index (χ1) is 12.1. The molecule has 2 aromatic heterocycles. The molecule has 0 saturated heterocycles. The van der Waals surface area contributed by atoms with E-state index in [0.717, 1.165) is 10.4 Å². The minimum atomic E-state index is -0.602. The van der Waals surface area contributed by atoms with Gasteiger partial charge < -0.3 is 15.0 Å². The first-order valence-electron chi connectivity index (χ1n) is 7.52. The normalized spacial score (nSPS) is 11.7. The third-order valence-electron chi connectivity index (χ3n) is 3.49. The Kier molecular flexibility index (Phi) is 5.25. The molecule has 0 aliphatic heterocycles. The van der Waals surface area contributed by atoms with Gasteiger partial charge in [-0.25, -0.2) is 9.18 Å². The topological polar surface area (TPSA) is 71.2 Å². The van der Waals surface area contributed by atoms with E-state index in [1.807, 2.05) is 17.5 Å². The summed E-state index contributed by atoms with van der Waals surface area (Å²) >= 11 is 1.47. The lowest BCUT2D eigenvalue weighted by molar-refractivity contribution is -0.124. The van der Waals surface area contributed by atoms with Crippen molar-refractivity contribution in [1.29, 1.82) is 0 Å². The second-order valence-corrected chi connectivity index (χ2v) is 6.21. The van der Waals surface area contributed by atoms with Crippen LogP contribution < -0.4 is 5.32 Å². The summed E-state index contributed by atoms with van der Waals surface area (Å²) in [6.45, 7) is -0.402. The Morgan fingerprint density at radius 2 is 1.96 bits per heavy atom. The molecular weight excluding hydrogens is 343 g/mol. The van der Waals surface area contributed by atoms with Crippen LogP contribution in [0.15, 0.2) is 60.1 Å². The van der Waals surface area contributed by atoms with E-state index in [0.29, 0.717) is 0 Å². The molecule has 1 amide bonds. The zero-order chi connectivity index (χ0) is 17.6. The van der Waals surface area contributed by atoms with E-state index < -0.39 is 24.5 Å². The number of benzene rings is 1. The number of H-pyrrole nitrogens is 1. The van der Waals surface area contributed by atoms with Gasteiger partial charge >= 0.3 is 5.97 Å². The average molecular weight is 358 g/mol. The summed E-state index contributed by atoms with van der Waals surface area (Å²) in [7, 11) is 0. The summed E-state index contributed by atoms with van der Waals surface area (Å²) in [6, 6.07) is 12.5. The van der Waals surface area contributed by atoms with Gasteiger partial charge in [0.2, 0.25) is 0 Å². The summed E-state index contributed by atoms with van der Waals surface area (Å²) in [5.74, 6) is -1.39. The summed E-state index contributed by atoms with van der Waals surface area (Å²) < 4.78 is 18.1. The molecule has 7 heteroatoms. The molecule has 2 N–H and O–H groups in total. The Hall–Kier alpha value is -2.93. The lowest BCUT2D eigenvalue weighted by atomic mass is 10.1. The highest BCUT2D eigenvalue weighted by molar-refractivity contribution is 7.10. The van der Waals surface area contributed by atoms with E-state index >= 15 is 0 Å². The number of aromatic amines is 1. The molecule has 5 nitrogen and oxygen atoms in total. The Labute approximate surface area is 147 Å². The summed E-state index contributed by atoms with van der Waals surface area (Å²) in [6.07, 6.45) is 1.60. The van der Waals surface area contributed by atoms with Gasteiger partial charge in [-0.05, 0) is 41.3 Å². The number of ether oxygens (including phenoxy) is 1. The Morgan fingerprint density at radius 3 is 2.60 bits per heavy atom. The molecule has 2 heterocycles. The predicted molar refractivity (Wildman–Crippen MR) is 91.8 cm³/mol. The van der Waals surface area contributed by atoms with Gasteiger partial charge in [-0.3, -0.25) is 4.79 Å². The molecule has 25 heavy (non-hydrogen) atoms. The van der Waals surface area contributed by atoms with E-state index in [1.165, 1.54) is 23.5 Å².